The van der Waals surface area contributed by atoms with Crippen LogP contribution >= 0.6 is 11.6 Å². The molecule has 0 bridgehead atoms. The number of rotatable bonds is 5. The first-order valence-corrected chi connectivity index (χ1v) is 8.85. The lowest BCUT2D eigenvalue weighted by Crippen LogP contribution is -2.43. The molecule has 0 spiro atoms. The highest BCUT2D eigenvalue weighted by Crippen LogP contribution is 2.26. The maximum atomic E-state index is 12.5. The largest absolute Gasteiger partial charge is 0.497 e. The average molecular weight is 369 g/mol. The molecule has 24 heavy (non-hydrogen) atoms. The number of benzene rings is 1. The minimum absolute atomic E-state index is 0.166. The summed E-state index contributed by atoms with van der Waals surface area (Å²) in [6.07, 6.45) is 2.44. The van der Waals surface area contributed by atoms with E-state index in [1.807, 2.05) is 0 Å². The molecule has 1 N–H and O–H groups in total. The van der Waals surface area contributed by atoms with E-state index in [4.69, 9.17) is 16.3 Å². The minimum Gasteiger partial charge on any atom is -0.497 e. The second-order valence-electron chi connectivity index (χ2n) is 5.63. The number of nitrogens with one attached hydrogen (secondary N) is 1. The first-order valence-electron chi connectivity index (χ1n) is 6.99. The molecule has 6 nitrogen and oxygen atoms in total. The molecule has 1 aromatic heterocycles. The van der Waals surface area contributed by atoms with Gasteiger partial charge < -0.3 is 4.74 Å². The third kappa shape index (κ3) is 3.85. The molecule has 0 aliphatic rings. The number of aromatic nitrogens is 1. The summed E-state index contributed by atoms with van der Waals surface area (Å²) in [6.45, 7) is 3.27. The van der Waals surface area contributed by atoms with Gasteiger partial charge in [-0.05, 0) is 37.6 Å². The fourth-order valence-corrected chi connectivity index (χ4v) is 3.32. The monoisotopic (exact) mass is 368 g/mol. The SMILES string of the molecule is COc1ccc(C(C)(C)C(=O)NS(=O)(=O)c2cncc(Cl)c2)cc1. The molecule has 0 saturated carbocycles. The van der Waals surface area contributed by atoms with E-state index in [-0.39, 0.29) is 9.92 Å². The van der Waals surface area contributed by atoms with Gasteiger partial charge in [0, 0.05) is 12.4 Å². The van der Waals surface area contributed by atoms with Gasteiger partial charge >= 0.3 is 0 Å². The van der Waals surface area contributed by atoms with Crippen LogP contribution in [-0.4, -0.2) is 26.4 Å². The Kier molecular flexibility index (Phi) is 5.15. The molecule has 0 unspecified atom stereocenters. The number of halogens is 1. The molecular formula is C16H17ClN2O4S. The van der Waals surface area contributed by atoms with Crippen LogP contribution in [0.5, 0.6) is 5.75 Å². The lowest BCUT2D eigenvalue weighted by atomic mass is 9.84. The van der Waals surface area contributed by atoms with Crippen molar-refractivity contribution in [3.8, 4) is 5.75 Å². The van der Waals surface area contributed by atoms with Crippen molar-refractivity contribution >= 4 is 27.5 Å². The molecule has 0 radical (unpaired) electrons. The Balaban J connectivity index is 2.26. The van der Waals surface area contributed by atoms with Crippen LogP contribution in [0.2, 0.25) is 5.02 Å². The summed E-state index contributed by atoms with van der Waals surface area (Å²) in [4.78, 5) is 16.1. The molecule has 0 fully saturated rings. The molecule has 2 rings (SSSR count). The number of methoxy groups -OCH3 is 1. The highest BCUT2D eigenvalue weighted by molar-refractivity contribution is 7.90. The second-order valence-corrected chi connectivity index (χ2v) is 7.75. The summed E-state index contributed by atoms with van der Waals surface area (Å²) in [5.74, 6) is -0.0137. The first kappa shape index (κ1) is 18.2. The molecule has 1 heterocycles. The number of nitrogens with zero attached hydrogens (tertiary/aromatic N) is 1. The zero-order chi connectivity index (χ0) is 18.0. The lowest BCUT2D eigenvalue weighted by Gasteiger charge is -2.24. The van der Waals surface area contributed by atoms with Gasteiger partial charge in [-0.25, -0.2) is 13.1 Å². The maximum Gasteiger partial charge on any atom is 0.265 e. The standard InChI is InChI=1S/C16H17ClN2O4S/c1-16(2,11-4-6-13(23-3)7-5-11)15(20)19-24(21,22)14-8-12(17)9-18-10-14/h4-10H,1-3H3,(H,19,20). The number of pyridine rings is 1. The highest BCUT2D eigenvalue weighted by Gasteiger charge is 2.33. The average Bonchev–Trinajstić information content (AvgIpc) is 2.54. The molecule has 8 heteroatoms. The van der Waals surface area contributed by atoms with Crippen molar-refractivity contribution in [3.05, 3.63) is 53.3 Å². The van der Waals surface area contributed by atoms with E-state index in [9.17, 15) is 13.2 Å². The Bertz CT molecular complexity index is 849. The van der Waals surface area contributed by atoms with Gasteiger partial charge in [0.15, 0.2) is 0 Å². The van der Waals surface area contributed by atoms with Crippen molar-refractivity contribution < 1.29 is 17.9 Å². The van der Waals surface area contributed by atoms with Crippen LogP contribution in [0.15, 0.2) is 47.6 Å². The highest BCUT2D eigenvalue weighted by atomic mass is 35.5. The van der Waals surface area contributed by atoms with Gasteiger partial charge in [0.2, 0.25) is 5.91 Å². The van der Waals surface area contributed by atoms with Gasteiger partial charge in [-0.1, -0.05) is 23.7 Å². The van der Waals surface area contributed by atoms with Crippen LogP contribution in [0.1, 0.15) is 19.4 Å². The molecule has 0 atom stereocenters. The molecule has 0 aliphatic carbocycles. The predicted molar refractivity (Wildman–Crippen MR) is 90.6 cm³/mol. The van der Waals surface area contributed by atoms with Crippen LogP contribution in [0.3, 0.4) is 0 Å². The smallest absolute Gasteiger partial charge is 0.265 e. The number of carbonyl (C=O) groups excluding carboxylic acids is 1. The van der Waals surface area contributed by atoms with Crippen molar-refractivity contribution in [1.29, 1.82) is 0 Å². The van der Waals surface area contributed by atoms with E-state index in [2.05, 4.69) is 9.71 Å². The summed E-state index contributed by atoms with van der Waals surface area (Å²) >= 11 is 5.75. The molecule has 0 aliphatic heterocycles. The minimum atomic E-state index is -4.06. The van der Waals surface area contributed by atoms with Gasteiger partial charge in [0.05, 0.1) is 17.5 Å². The van der Waals surface area contributed by atoms with Crippen molar-refractivity contribution in [2.75, 3.05) is 7.11 Å². The van der Waals surface area contributed by atoms with Crippen LogP contribution < -0.4 is 9.46 Å². The molecule has 2 aromatic rings. The fourth-order valence-electron chi connectivity index (χ4n) is 1.99. The second kappa shape index (κ2) is 6.78. The number of ether oxygens (including phenoxy) is 1. The summed E-state index contributed by atoms with van der Waals surface area (Å²) < 4.78 is 31.8. The molecule has 0 saturated heterocycles. The van der Waals surface area contributed by atoms with Crippen molar-refractivity contribution in [2.45, 2.75) is 24.2 Å². The van der Waals surface area contributed by atoms with Crippen LogP contribution in [0, 0.1) is 0 Å². The number of hydrogen-bond donors (Lipinski definition) is 1. The van der Waals surface area contributed by atoms with E-state index >= 15 is 0 Å². The van der Waals surface area contributed by atoms with Gasteiger partial charge in [-0.15, -0.1) is 0 Å². The maximum absolute atomic E-state index is 12.5. The fraction of sp³-hybridized carbons (Fsp3) is 0.250. The van der Waals surface area contributed by atoms with Crippen LogP contribution in [0.4, 0.5) is 0 Å². The Hall–Kier alpha value is -2.12. The summed E-state index contributed by atoms with van der Waals surface area (Å²) in [5, 5.41) is 0.166. The number of carbonyl (C=O) groups is 1. The Labute approximate surface area is 145 Å². The predicted octanol–water partition coefficient (Wildman–Crippen LogP) is 2.53. The van der Waals surface area contributed by atoms with E-state index < -0.39 is 21.3 Å². The third-order valence-corrected chi connectivity index (χ3v) is 5.10. The number of sulfonamides is 1. The summed E-state index contributed by atoms with van der Waals surface area (Å²) in [5.41, 5.74) is -0.411. The van der Waals surface area contributed by atoms with Gasteiger partial charge in [0.25, 0.3) is 10.0 Å². The first-order chi connectivity index (χ1) is 11.2. The van der Waals surface area contributed by atoms with Gasteiger partial charge in [-0.3, -0.25) is 9.78 Å². The van der Waals surface area contributed by atoms with E-state index in [1.54, 1.807) is 45.2 Å². The zero-order valence-corrected chi connectivity index (χ0v) is 15.0. The molecule has 1 aromatic carbocycles. The van der Waals surface area contributed by atoms with E-state index in [1.165, 1.54) is 12.3 Å². The number of amides is 1. The van der Waals surface area contributed by atoms with Crippen molar-refractivity contribution in [2.24, 2.45) is 0 Å². The molecular weight excluding hydrogens is 352 g/mol. The number of hydrogen-bond acceptors (Lipinski definition) is 5. The van der Waals surface area contributed by atoms with Crippen LogP contribution in [-0.2, 0) is 20.2 Å². The van der Waals surface area contributed by atoms with Crippen molar-refractivity contribution in [3.63, 3.8) is 0 Å². The van der Waals surface area contributed by atoms with E-state index in [0.29, 0.717) is 11.3 Å². The molecule has 1 amide bonds. The van der Waals surface area contributed by atoms with Gasteiger partial charge in [-0.2, -0.15) is 0 Å². The van der Waals surface area contributed by atoms with E-state index in [0.717, 1.165) is 6.20 Å². The van der Waals surface area contributed by atoms with Crippen molar-refractivity contribution in [1.82, 2.24) is 9.71 Å². The van der Waals surface area contributed by atoms with Gasteiger partial charge in [0.1, 0.15) is 10.6 Å². The van der Waals surface area contributed by atoms with Crippen LogP contribution in [0.25, 0.3) is 0 Å². The summed E-state index contributed by atoms with van der Waals surface area (Å²) in [7, 11) is -2.52. The Morgan fingerprint density at radius 2 is 1.83 bits per heavy atom. The Morgan fingerprint density at radius 1 is 1.21 bits per heavy atom. The quantitative estimate of drug-likeness (QED) is 0.876. The Morgan fingerprint density at radius 3 is 2.38 bits per heavy atom. The topological polar surface area (TPSA) is 85.4 Å². The lowest BCUT2D eigenvalue weighted by molar-refractivity contribution is -0.123. The zero-order valence-electron chi connectivity index (χ0n) is 13.4. The third-order valence-electron chi connectivity index (χ3n) is 3.60. The molecule has 128 valence electrons. The summed E-state index contributed by atoms with van der Waals surface area (Å²) in [6, 6.07) is 8.07. The normalized spacial score (nSPS) is 11.8.